The van der Waals surface area contributed by atoms with Gasteiger partial charge in [0.15, 0.2) is 0 Å². The molecular weight excluding hydrogens is 479 g/mol. The molecule has 4 aromatic rings. The number of benzene rings is 3. The molecule has 4 rings (SSSR count). The molecule has 3 aromatic carbocycles. The Hall–Kier alpha value is -4.82. The summed E-state index contributed by atoms with van der Waals surface area (Å²) in [6.07, 6.45) is -4.87. The van der Waals surface area contributed by atoms with Crippen LogP contribution in [0.15, 0.2) is 77.6 Å². The summed E-state index contributed by atoms with van der Waals surface area (Å²) in [5.41, 5.74) is 0.208. The summed E-state index contributed by atoms with van der Waals surface area (Å²) >= 11 is 0. The number of hydrogen-bond donors (Lipinski definition) is 0. The van der Waals surface area contributed by atoms with Gasteiger partial charge in [-0.25, -0.2) is 4.85 Å². The molecule has 8 heteroatoms. The van der Waals surface area contributed by atoms with Crippen LogP contribution in [0, 0.1) is 31.8 Å². The Morgan fingerprint density at radius 2 is 1.73 bits per heavy atom. The van der Waals surface area contributed by atoms with Gasteiger partial charge in [0.25, 0.3) is 11.2 Å². The van der Waals surface area contributed by atoms with Crippen LogP contribution in [0.5, 0.6) is 11.5 Å². The van der Waals surface area contributed by atoms with Crippen molar-refractivity contribution in [2.75, 3.05) is 0 Å². The molecule has 1 heterocycles. The summed E-state index contributed by atoms with van der Waals surface area (Å²) in [5.74, 6) is 0.829. The molecule has 0 radical (unpaired) electrons. The summed E-state index contributed by atoms with van der Waals surface area (Å²) in [4.78, 5) is 16.1. The topological polar surface area (TPSA) is 59.4 Å². The first kappa shape index (κ1) is 25.3. The molecule has 0 unspecified atom stereocenters. The van der Waals surface area contributed by atoms with Crippen molar-refractivity contribution in [2.45, 2.75) is 26.6 Å². The van der Waals surface area contributed by atoms with Gasteiger partial charge in [-0.15, -0.1) is 0 Å². The molecule has 0 aliphatic heterocycles. The molecule has 0 fully saturated rings. The second-order valence-corrected chi connectivity index (χ2v) is 8.49. The van der Waals surface area contributed by atoms with Gasteiger partial charge in [0.2, 0.25) is 0 Å². The van der Waals surface area contributed by atoms with Crippen LogP contribution in [0.1, 0.15) is 27.8 Å². The number of pyridine rings is 1. The first-order valence-electron chi connectivity index (χ1n) is 11.2. The smallest absolute Gasteiger partial charge is 0.407 e. The van der Waals surface area contributed by atoms with Crippen LogP contribution in [0.4, 0.5) is 18.9 Å². The lowest BCUT2D eigenvalue weighted by Gasteiger charge is -2.19. The second-order valence-electron chi connectivity index (χ2n) is 8.49. The van der Waals surface area contributed by atoms with E-state index in [1.54, 1.807) is 48.5 Å². The zero-order chi connectivity index (χ0) is 26.7. The van der Waals surface area contributed by atoms with E-state index in [9.17, 15) is 18.0 Å². The molecule has 0 atom stereocenters. The van der Waals surface area contributed by atoms with E-state index >= 15 is 0 Å². The van der Waals surface area contributed by atoms with Crippen LogP contribution in [0.3, 0.4) is 0 Å². The van der Waals surface area contributed by atoms with E-state index < -0.39 is 23.0 Å². The summed E-state index contributed by atoms with van der Waals surface area (Å²) in [6, 6.07) is 21.3. The van der Waals surface area contributed by atoms with E-state index in [0.717, 1.165) is 22.8 Å². The Labute approximate surface area is 211 Å². The maximum atomic E-state index is 13.8. The molecule has 0 amide bonds. The van der Waals surface area contributed by atoms with Crippen molar-refractivity contribution in [1.82, 2.24) is 4.57 Å². The van der Waals surface area contributed by atoms with Crippen molar-refractivity contribution in [3.05, 3.63) is 122 Å². The Bertz CT molecular complexity index is 1620. The summed E-state index contributed by atoms with van der Waals surface area (Å²) in [6.45, 7) is 11.0. The fourth-order valence-corrected chi connectivity index (χ4v) is 4.01. The normalized spacial score (nSPS) is 11.0. The van der Waals surface area contributed by atoms with Crippen LogP contribution in [0.25, 0.3) is 16.1 Å². The van der Waals surface area contributed by atoms with Crippen molar-refractivity contribution in [3.8, 4) is 28.8 Å². The molecule has 0 aliphatic rings. The summed E-state index contributed by atoms with van der Waals surface area (Å²) in [7, 11) is 0. The van der Waals surface area contributed by atoms with Gasteiger partial charge < -0.3 is 9.30 Å². The standard InChI is InChI=1S/C29H20F3N3O2/c1-18-7-8-22(19(2)13-18)17-35-26(15-25(29(30,31)32)27(34-3)28(35)36)21-9-11-23(12-10-21)37-24-6-4-5-20(14-24)16-33/h4-15H,17H2,1-2H3. The number of aryl methyl sites for hydroxylation is 2. The molecule has 0 aliphatic carbocycles. The van der Waals surface area contributed by atoms with Gasteiger partial charge in [-0.2, -0.15) is 18.4 Å². The highest BCUT2D eigenvalue weighted by atomic mass is 19.4. The van der Waals surface area contributed by atoms with E-state index in [1.807, 2.05) is 38.1 Å². The minimum atomic E-state index is -4.87. The largest absolute Gasteiger partial charge is 0.457 e. The first-order valence-corrected chi connectivity index (χ1v) is 11.2. The number of hydrogen-bond acceptors (Lipinski definition) is 3. The quantitative estimate of drug-likeness (QED) is 0.269. The molecule has 0 bridgehead atoms. The number of ether oxygens (including phenoxy) is 1. The Morgan fingerprint density at radius 1 is 1.00 bits per heavy atom. The van der Waals surface area contributed by atoms with Crippen LogP contribution in [-0.4, -0.2) is 4.57 Å². The van der Waals surface area contributed by atoms with Crippen molar-refractivity contribution in [1.29, 1.82) is 5.26 Å². The fraction of sp³-hybridized carbons (Fsp3) is 0.138. The van der Waals surface area contributed by atoms with Gasteiger partial charge in [0, 0.05) is 5.69 Å². The lowest BCUT2D eigenvalue weighted by atomic mass is 10.0. The molecule has 0 saturated heterocycles. The third kappa shape index (κ3) is 5.39. The summed E-state index contributed by atoms with van der Waals surface area (Å²) in [5, 5.41) is 9.06. The van der Waals surface area contributed by atoms with Gasteiger partial charge in [-0.05, 0) is 79.1 Å². The number of aromatic nitrogens is 1. The van der Waals surface area contributed by atoms with Gasteiger partial charge in [-0.1, -0.05) is 29.8 Å². The van der Waals surface area contributed by atoms with Crippen molar-refractivity contribution < 1.29 is 17.9 Å². The number of alkyl halides is 3. The molecule has 184 valence electrons. The highest BCUT2D eigenvalue weighted by Crippen LogP contribution is 2.37. The average Bonchev–Trinajstić information content (AvgIpc) is 2.86. The monoisotopic (exact) mass is 499 g/mol. The van der Waals surface area contributed by atoms with Crippen molar-refractivity contribution in [3.63, 3.8) is 0 Å². The van der Waals surface area contributed by atoms with E-state index in [-0.39, 0.29) is 12.2 Å². The number of halogens is 3. The van der Waals surface area contributed by atoms with Crippen molar-refractivity contribution in [2.24, 2.45) is 0 Å². The van der Waals surface area contributed by atoms with Gasteiger partial charge in [0.05, 0.1) is 30.3 Å². The van der Waals surface area contributed by atoms with E-state index in [2.05, 4.69) is 4.85 Å². The van der Waals surface area contributed by atoms with Crippen LogP contribution < -0.4 is 10.3 Å². The minimum Gasteiger partial charge on any atom is -0.457 e. The lowest BCUT2D eigenvalue weighted by molar-refractivity contribution is -0.136. The van der Waals surface area contributed by atoms with Gasteiger partial charge in [0.1, 0.15) is 11.5 Å². The molecule has 0 N–H and O–H groups in total. The zero-order valence-electron chi connectivity index (χ0n) is 19.9. The van der Waals surface area contributed by atoms with Crippen LogP contribution >= 0.6 is 0 Å². The molecule has 0 saturated carbocycles. The minimum absolute atomic E-state index is 0.000139. The second kappa shape index (κ2) is 10.0. The predicted molar refractivity (Wildman–Crippen MR) is 134 cm³/mol. The number of rotatable bonds is 5. The highest BCUT2D eigenvalue weighted by molar-refractivity contribution is 5.67. The summed E-state index contributed by atoms with van der Waals surface area (Å²) < 4.78 is 48.4. The van der Waals surface area contributed by atoms with E-state index in [0.29, 0.717) is 22.6 Å². The zero-order valence-corrected chi connectivity index (χ0v) is 19.9. The molecule has 5 nitrogen and oxygen atoms in total. The molecule has 1 aromatic heterocycles. The number of nitriles is 1. The molecule has 0 spiro atoms. The van der Waals surface area contributed by atoms with E-state index in [1.165, 1.54) is 4.57 Å². The fourth-order valence-electron chi connectivity index (χ4n) is 4.01. The maximum absolute atomic E-state index is 13.8. The Balaban J connectivity index is 1.82. The first-order chi connectivity index (χ1) is 17.6. The van der Waals surface area contributed by atoms with E-state index in [4.69, 9.17) is 16.6 Å². The SMILES string of the molecule is [C-]#[N+]c1c(C(F)(F)F)cc(-c2ccc(Oc3cccc(C#N)c3)cc2)n(Cc2ccc(C)cc2C)c1=O. The number of nitrogens with zero attached hydrogens (tertiary/aromatic N) is 3. The Kier molecular flexibility index (Phi) is 6.86. The predicted octanol–water partition coefficient (Wildman–Crippen LogP) is 7.41. The van der Waals surface area contributed by atoms with Gasteiger partial charge in [-0.3, -0.25) is 4.79 Å². The average molecular weight is 499 g/mol. The maximum Gasteiger partial charge on any atom is 0.407 e. The third-order valence-electron chi connectivity index (χ3n) is 5.87. The lowest BCUT2D eigenvalue weighted by Crippen LogP contribution is -2.25. The molecular formula is C29H20F3N3O2. The third-order valence-corrected chi connectivity index (χ3v) is 5.87. The van der Waals surface area contributed by atoms with Crippen LogP contribution in [-0.2, 0) is 12.7 Å². The van der Waals surface area contributed by atoms with Gasteiger partial charge >= 0.3 is 6.18 Å². The van der Waals surface area contributed by atoms with Crippen LogP contribution in [0.2, 0.25) is 0 Å². The van der Waals surface area contributed by atoms with Crippen molar-refractivity contribution >= 4 is 5.69 Å². The highest BCUT2D eigenvalue weighted by Gasteiger charge is 2.36. The molecule has 37 heavy (non-hydrogen) atoms. The Morgan fingerprint density at radius 3 is 2.35 bits per heavy atom.